The van der Waals surface area contributed by atoms with E-state index in [1.165, 1.54) is 23.1 Å². The van der Waals surface area contributed by atoms with Gasteiger partial charge in [-0.25, -0.2) is 14.9 Å². The van der Waals surface area contributed by atoms with Gasteiger partial charge in [-0.15, -0.1) is 16.4 Å². The fourth-order valence-corrected chi connectivity index (χ4v) is 4.41. The van der Waals surface area contributed by atoms with Crippen molar-refractivity contribution >= 4 is 28.9 Å². The minimum absolute atomic E-state index is 0.0170. The van der Waals surface area contributed by atoms with Gasteiger partial charge in [0.15, 0.2) is 16.1 Å². The summed E-state index contributed by atoms with van der Waals surface area (Å²) < 4.78 is 3.59. The number of rotatable bonds is 8. The Kier molecular flexibility index (Phi) is 5.77. The van der Waals surface area contributed by atoms with Gasteiger partial charge in [0.1, 0.15) is 0 Å². The Labute approximate surface area is 159 Å². The number of H-pyrrole nitrogens is 1. The van der Waals surface area contributed by atoms with Gasteiger partial charge in [-0.1, -0.05) is 25.1 Å². The maximum absolute atomic E-state index is 12.7. The van der Waals surface area contributed by atoms with E-state index in [-0.39, 0.29) is 17.2 Å². The van der Waals surface area contributed by atoms with Crippen LogP contribution in [0.4, 0.5) is 0 Å². The first-order chi connectivity index (χ1) is 12.5. The largest absolute Gasteiger partial charge is 0.343 e. The summed E-state index contributed by atoms with van der Waals surface area (Å²) in [4.78, 5) is 28.9. The highest BCUT2D eigenvalue weighted by molar-refractivity contribution is 7.99. The molecule has 7 nitrogen and oxygen atoms in total. The molecule has 0 amide bonds. The molecule has 3 aromatic rings. The fourth-order valence-electron chi connectivity index (χ4n) is 2.80. The number of thioether (sulfide) groups is 1. The summed E-state index contributed by atoms with van der Waals surface area (Å²) in [6.07, 6.45) is 3.64. The number of Topliss-reactive ketones (excluding diaryl/α,β-unsaturated/α-hetero) is 1. The van der Waals surface area contributed by atoms with Gasteiger partial charge in [-0.2, -0.15) is 0 Å². The van der Waals surface area contributed by atoms with E-state index in [1.807, 2.05) is 29.9 Å². The van der Waals surface area contributed by atoms with Crippen LogP contribution in [0.25, 0.3) is 5.13 Å². The van der Waals surface area contributed by atoms with Crippen molar-refractivity contribution in [2.45, 2.75) is 45.3 Å². The van der Waals surface area contributed by atoms with Crippen LogP contribution in [0.2, 0.25) is 0 Å². The van der Waals surface area contributed by atoms with Crippen molar-refractivity contribution in [1.82, 2.24) is 24.3 Å². The molecule has 0 bridgehead atoms. The van der Waals surface area contributed by atoms with Gasteiger partial charge in [-0.3, -0.25) is 13.9 Å². The molecule has 0 radical (unpaired) electrons. The summed E-state index contributed by atoms with van der Waals surface area (Å²) >= 11 is 2.83. The maximum Gasteiger partial charge on any atom is 0.343 e. The molecule has 138 valence electrons. The molecule has 0 fully saturated rings. The SMILES string of the molecule is CCCCn1c(SCC(=O)c2cc(C)n(-c3nccs3)c2C)n[nH]c1=O. The molecule has 3 rings (SSSR count). The topological polar surface area (TPSA) is 85.6 Å². The number of aromatic nitrogens is 5. The third-order valence-electron chi connectivity index (χ3n) is 4.13. The van der Waals surface area contributed by atoms with Crippen molar-refractivity contribution in [3.8, 4) is 5.13 Å². The molecule has 0 saturated heterocycles. The normalized spacial score (nSPS) is 11.2. The van der Waals surface area contributed by atoms with Gasteiger partial charge in [-0.05, 0) is 26.3 Å². The lowest BCUT2D eigenvalue weighted by atomic mass is 10.2. The Hall–Kier alpha value is -2.13. The highest BCUT2D eigenvalue weighted by Gasteiger charge is 2.19. The molecule has 0 aromatic carbocycles. The Morgan fingerprint density at radius 1 is 1.38 bits per heavy atom. The summed E-state index contributed by atoms with van der Waals surface area (Å²) in [6, 6.07) is 1.90. The van der Waals surface area contributed by atoms with Crippen LogP contribution in [0.5, 0.6) is 0 Å². The number of carbonyl (C=O) groups is 1. The number of aromatic amines is 1. The van der Waals surface area contributed by atoms with Crippen LogP contribution in [0.1, 0.15) is 41.5 Å². The summed E-state index contributed by atoms with van der Waals surface area (Å²) in [5, 5.41) is 9.84. The van der Waals surface area contributed by atoms with Crippen molar-refractivity contribution in [2.75, 3.05) is 5.75 Å². The third kappa shape index (κ3) is 3.68. The van der Waals surface area contributed by atoms with Gasteiger partial charge < -0.3 is 0 Å². The van der Waals surface area contributed by atoms with Crippen molar-refractivity contribution < 1.29 is 4.79 Å². The molecule has 0 unspecified atom stereocenters. The minimum Gasteiger partial charge on any atom is -0.294 e. The molecule has 0 aliphatic heterocycles. The zero-order chi connectivity index (χ0) is 18.7. The van der Waals surface area contributed by atoms with Gasteiger partial charge in [0.25, 0.3) is 0 Å². The number of thiazole rings is 1. The van der Waals surface area contributed by atoms with E-state index in [1.54, 1.807) is 10.8 Å². The first-order valence-corrected chi connectivity index (χ1v) is 10.3. The van der Waals surface area contributed by atoms with Crippen molar-refractivity contribution in [3.63, 3.8) is 0 Å². The minimum atomic E-state index is -0.227. The molecule has 1 N–H and O–H groups in total. The number of hydrogen-bond acceptors (Lipinski definition) is 6. The predicted molar refractivity (Wildman–Crippen MR) is 104 cm³/mol. The van der Waals surface area contributed by atoms with E-state index in [2.05, 4.69) is 22.1 Å². The Morgan fingerprint density at radius 2 is 2.19 bits per heavy atom. The summed E-state index contributed by atoms with van der Waals surface area (Å²) in [5.41, 5.74) is 2.32. The molecular weight excluding hydrogens is 370 g/mol. The number of nitrogens with zero attached hydrogens (tertiary/aromatic N) is 4. The van der Waals surface area contributed by atoms with Gasteiger partial charge in [0.2, 0.25) is 0 Å². The molecule has 0 aliphatic rings. The molecule has 0 saturated carbocycles. The van der Waals surface area contributed by atoms with Crippen LogP contribution in [0.3, 0.4) is 0 Å². The van der Waals surface area contributed by atoms with E-state index in [0.29, 0.717) is 17.3 Å². The van der Waals surface area contributed by atoms with Gasteiger partial charge >= 0.3 is 5.69 Å². The zero-order valence-corrected chi connectivity index (χ0v) is 16.6. The third-order valence-corrected chi connectivity index (χ3v) is 5.87. The van der Waals surface area contributed by atoms with Crippen LogP contribution in [-0.4, -0.2) is 35.9 Å². The molecule has 26 heavy (non-hydrogen) atoms. The summed E-state index contributed by atoms with van der Waals surface area (Å²) in [7, 11) is 0. The summed E-state index contributed by atoms with van der Waals surface area (Å²) in [5.74, 6) is 0.252. The Balaban J connectivity index is 1.76. The predicted octanol–water partition coefficient (Wildman–Crippen LogP) is 3.21. The van der Waals surface area contributed by atoms with E-state index >= 15 is 0 Å². The van der Waals surface area contributed by atoms with E-state index < -0.39 is 0 Å². The quantitative estimate of drug-likeness (QED) is 0.471. The molecule has 9 heteroatoms. The molecular formula is C17H21N5O2S2. The lowest BCUT2D eigenvalue weighted by Gasteiger charge is -2.06. The molecule has 3 aromatic heterocycles. The average molecular weight is 392 g/mol. The maximum atomic E-state index is 12.7. The number of aryl methyl sites for hydroxylation is 1. The first-order valence-electron chi connectivity index (χ1n) is 8.43. The van der Waals surface area contributed by atoms with Crippen molar-refractivity contribution in [2.24, 2.45) is 0 Å². The lowest BCUT2D eigenvalue weighted by molar-refractivity contribution is 0.102. The van der Waals surface area contributed by atoms with Crippen LogP contribution in [-0.2, 0) is 6.54 Å². The molecule has 0 atom stereocenters. The zero-order valence-electron chi connectivity index (χ0n) is 15.0. The standard InChI is InChI=1S/C17H21N5O2S2/c1-4-5-7-21-15(24)19-20-17(21)26-10-14(23)13-9-11(2)22(12(13)3)16-18-6-8-25-16/h6,8-9H,4-5,7,10H2,1-3H3,(H,19,24). The molecule has 3 heterocycles. The van der Waals surface area contributed by atoms with Crippen molar-refractivity contribution in [3.05, 3.63) is 45.1 Å². The highest BCUT2D eigenvalue weighted by Crippen LogP contribution is 2.24. The van der Waals surface area contributed by atoms with Crippen LogP contribution in [0, 0.1) is 13.8 Å². The number of hydrogen-bond donors (Lipinski definition) is 1. The van der Waals surface area contributed by atoms with Gasteiger partial charge in [0, 0.05) is 35.1 Å². The Bertz CT molecular complexity index is 953. The van der Waals surface area contributed by atoms with E-state index in [0.717, 1.165) is 29.4 Å². The van der Waals surface area contributed by atoms with Crippen LogP contribution < -0.4 is 5.69 Å². The van der Waals surface area contributed by atoms with Crippen LogP contribution in [0.15, 0.2) is 27.6 Å². The monoisotopic (exact) mass is 391 g/mol. The second-order valence-electron chi connectivity index (χ2n) is 5.96. The fraction of sp³-hybridized carbons (Fsp3) is 0.412. The van der Waals surface area contributed by atoms with Gasteiger partial charge in [0.05, 0.1) is 5.75 Å². The number of nitrogens with one attached hydrogen (secondary N) is 1. The van der Waals surface area contributed by atoms with E-state index in [4.69, 9.17) is 0 Å². The summed E-state index contributed by atoms with van der Waals surface area (Å²) in [6.45, 7) is 6.58. The Morgan fingerprint density at radius 3 is 2.88 bits per heavy atom. The number of ketones is 1. The number of carbonyl (C=O) groups excluding carboxylic acids is 1. The average Bonchev–Trinajstić information content (AvgIpc) is 3.32. The van der Waals surface area contributed by atoms with E-state index in [9.17, 15) is 9.59 Å². The second kappa shape index (κ2) is 8.05. The van der Waals surface area contributed by atoms with Crippen molar-refractivity contribution in [1.29, 1.82) is 0 Å². The number of unbranched alkanes of at least 4 members (excludes halogenated alkanes) is 1. The van der Waals surface area contributed by atoms with Crippen LogP contribution >= 0.6 is 23.1 Å². The molecule has 0 aliphatic carbocycles. The lowest BCUT2D eigenvalue weighted by Crippen LogP contribution is -2.18. The highest BCUT2D eigenvalue weighted by atomic mass is 32.2. The smallest absolute Gasteiger partial charge is 0.294 e. The first kappa shape index (κ1) is 18.7. The second-order valence-corrected chi connectivity index (χ2v) is 7.78. The molecule has 0 spiro atoms.